The average molecular weight is 366 g/mol. The Morgan fingerprint density at radius 2 is 1.89 bits per heavy atom. The van der Waals surface area contributed by atoms with Crippen molar-refractivity contribution in [1.82, 2.24) is 9.55 Å². The standard InChI is InChI=1S/C22H26N2O3/c1-16-6-8-19(9-7-16)27-15-18(25)14-24-21-5-3-2-4-20(21)23-22(24)17-10-12-26-13-11-17/h2-9,17-18,25H,10-15H2,1H3. The molecular weight excluding hydrogens is 340 g/mol. The van der Waals surface area contributed by atoms with Crippen molar-refractivity contribution in [1.29, 1.82) is 0 Å². The summed E-state index contributed by atoms with van der Waals surface area (Å²) in [5.74, 6) is 2.20. The number of aromatic nitrogens is 2. The van der Waals surface area contributed by atoms with E-state index in [1.165, 1.54) is 5.56 Å². The van der Waals surface area contributed by atoms with Crippen LogP contribution in [0.2, 0.25) is 0 Å². The predicted octanol–water partition coefficient (Wildman–Crippen LogP) is 3.68. The molecule has 1 aliphatic rings. The largest absolute Gasteiger partial charge is 0.491 e. The van der Waals surface area contributed by atoms with E-state index in [1.807, 2.05) is 49.4 Å². The summed E-state index contributed by atoms with van der Waals surface area (Å²) in [6.45, 7) is 4.31. The number of aryl methyl sites for hydroxylation is 1. The van der Waals surface area contributed by atoms with Gasteiger partial charge in [-0.2, -0.15) is 0 Å². The highest BCUT2D eigenvalue weighted by atomic mass is 16.5. The van der Waals surface area contributed by atoms with E-state index in [0.29, 0.717) is 12.5 Å². The Bertz CT molecular complexity index is 882. The number of benzene rings is 2. The number of ether oxygens (including phenoxy) is 2. The van der Waals surface area contributed by atoms with Crippen molar-refractivity contribution < 1.29 is 14.6 Å². The zero-order valence-corrected chi connectivity index (χ0v) is 15.7. The second kappa shape index (κ2) is 8.11. The summed E-state index contributed by atoms with van der Waals surface area (Å²) in [5, 5.41) is 10.6. The third-order valence-electron chi connectivity index (χ3n) is 5.13. The Kier molecular flexibility index (Phi) is 5.41. The zero-order chi connectivity index (χ0) is 18.6. The first kappa shape index (κ1) is 18.0. The van der Waals surface area contributed by atoms with Crippen molar-refractivity contribution in [2.45, 2.75) is 38.3 Å². The van der Waals surface area contributed by atoms with Crippen LogP contribution in [0.15, 0.2) is 48.5 Å². The van der Waals surface area contributed by atoms with Crippen LogP contribution in [-0.4, -0.2) is 40.6 Å². The monoisotopic (exact) mass is 366 g/mol. The van der Waals surface area contributed by atoms with E-state index >= 15 is 0 Å². The lowest BCUT2D eigenvalue weighted by Gasteiger charge is -2.23. The number of fused-ring (bicyclic) bond motifs is 1. The van der Waals surface area contributed by atoms with Gasteiger partial charge in [0.25, 0.3) is 0 Å². The molecule has 2 aromatic carbocycles. The molecule has 0 spiro atoms. The van der Waals surface area contributed by atoms with E-state index in [0.717, 1.165) is 48.7 Å². The van der Waals surface area contributed by atoms with Crippen LogP contribution in [0.1, 0.15) is 30.1 Å². The summed E-state index contributed by atoms with van der Waals surface area (Å²) < 4.78 is 13.4. The summed E-state index contributed by atoms with van der Waals surface area (Å²) in [6, 6.07) is 16.0. The van der Waals surface area contributed by atoms with Crippen molar-refractivity contribution in [2.75, 3.05) is 19.8 Å². The molecule has 3 aromatic rings. The number of para-hydroxylation sites is 2. The Morgan fingerprint density at radius 3 is 2.67 bits per heavy atom. The molecule has 0 bridgehead atoms. The summed E-state index contributed by atoms with van der Waals surface area (Å²) >= 11 is 0. The first-order valence-corrected chi connectivity index (χ1v) is 9.61. The number of hydrogen-bond donors (Lipinski definition) is 1. The van der Waals surface area contributed by atoms with Gasteiger partial charge in [-0.3, -0.25) is 0 Å². The van der Waals surface area contributed by atoms with Crippen molar-refractivity contribution >= 4 is 11.0 Å². The lowest BCUT2D eigenvalue weighted by Crippen LogP contribution is -2.26. The maximum Gasteiger partial charge on any atom is 0.119 e. The lowest BCUT2D eigenvalue weighted by molar-refractivity contribution is 0.0780. The van der Waals surface area contributed by atoms with Gasteiger partial charge < -0.3 is 19.1 Å². The van der Waals surface area contributed by atoms with Crippen LogP contribution < -0.4 is 4.74 Å². The maximum absolute atomic E-state index is 10.6. The molecule has 2 heterocycles. The normalized spacial score (nSPS) is 16.5. The van der Waals surface area contributed by atoms with Crippen LogP contribution in [0.3, 0.4) is 0 Å². The van der Waals surface area contributed by atoms with Gasteiger partial charge in [-0.15, -0.1) is 0 Å². The minimum absolute atomic E-state index is 0.253. The molecule has 0 amide bonds. The van der Waals surface area contributed by atoms with E-state index < -0.39 is 6.10 Å². The SMILES string of the molecule is Cc1ccc(OCC(O)Cn2c(C3CCOCC3)nc3ccccc32)cc1. The van der Waals surface area contributed by atoms with Crippen molar-refractivity contribution in [3.05, 3.63) is 59.9 Å². The molecule has 0 radical (unpaired) electrons. The zero-order valence-electron chi connectivity index (χ0n) is 15.7. The van der Waals surface area contributed by atoms with E-state index in [-0.39, 0.29) is 6.61 Å². The second-order valence-electron chi connectivity index (χ2n) is 7.23. The first-order chi connectivity index (χ1) is 13.2. The number of aliphatic hydroxyl groups excluding tert-OH is 1. The molecule has 1 atom stereocenters. The van der Waals surface area contributed by atoms with E-state index in [4.69, 9.17) is 14.5 Å². The van der Waals surface area contributed by atoms with Crippen LogP contribution >= 0.6 is 0 Å². The highest BCUT2D eigenvalue weighted by Crippen LogP contribution is 2.29. The van der Waals surface area contributed by atoms with Crippen molar-refractivity contribution in [2.24, 2.45) is 0 Å². The van der Waals surface area contributed by atoms with Gasteiger partial charge in [0.2, 0.25) is 0 Å². The summed E-state index contributed by atoms with van der Waals surface area (Å²) in [4.78, 5) is 4.87. The molecule has 1 N–H and O–H groups in total. The fourth-order valence-electron chi connectivity index (χ4n) is 3.64. The highest BCUT2D eigenvalue weighted by Gasteiger charge is 2.24. The van der Waals surface area contributed by atoms with Crippen molar-refractivity contribution in [3.63, 3.8) is 0 Å². The van der Waals surface area contributed by atoms with E-state index in [9.17, 15) is 5.11 Å². The predicted molar refractivity (Wildman–Crippen MR) is 105 cm³/mol. The van der Waals surface area contributed by atoms with Gasteiger partial charge >= 0.3 is 0 Å². The quantitative estimate of drug-likeness (QED) is 0.723. The van der Waals surface area contributed by atoms with Crippen LogP contribution in [0, 0.1) is 6.92 Å². The number of rotatable bonds is 6. The first-order valence-electron chi connectivity index (χ1n) is 9.61. The molecule has 1 unspecified atom stereocenters. The number of nitrogens with zero attached hydrogens (tertiary/aromatic N) is 2. The minimum Gasteiger partial charge on any atom is -0.491 e. The summed E-state index contributed by atoms with van der Waals surface area (Å²) in [7, 11) is 0. The third-order valence-corrected chi connectivity index (χ3v) is 5.13. The van der Waals surface area contributed by atoms with Crippen molar-refractivity contribution in [3.8, 4) is 5.75 Å². The summed E-state index contributed by atoms with van der Waals surface area (Å²) in [5.41, 5.74) is 3.23. The van der Waals surface area contributed by atoms with Gasteiger partial charge in [-0.05, 0) is 44.0 Å². The molecule has 1 aliphatic heterocycles. The third kappa shape index (κ3) is 4.15. The van der Waals surface area contributed by atoms with E-state index in [2.05, 4.69) is 10.6 Å². The van der Waals surface area contributed by atoms with Crippen LogP contribution in [0.25, 0.3) is 11.0 Å². The minimum atomic E-state index is -0.609. The second-order valence-corrected chi connectivity index (χ2v) is 7.23. The lowest BCUT2D eigenvalue weighted by atomic mass is 9.99. The van der Waals surface area contributed by atoms with Crippen LogP contribution in [0.5, 0.6) is 5.75 Å². The molecule has 27 heavy (non-hydrogen) atoms. The molecule has 1 fully saturated rings. The molecular formula is C22H26N2O3. The van der Waals surface area contributed by atoms with Gasteiger partial charge in [0.1, 0.15) is 24.3 Å². The molecule has 0 aliphatic carbocycles. The summed E-state index contributed by atoms with van der Waals surface area (Å²) in [6.07, 6.45) is 1.33. The molecule has 5 heteroatoms. The Balaban J connectivity index is 1.51. The molecule has 4 rings (SSSR count). The fraction of sp³-hybridized carbons (Fsp3) is 0.409. The van der Waals surface area contributed by atoms with E-state index in [1.54, 1.807) is 0 Å². The van der Waals surface area contributed by atoms with Crippen LogP contribution in [0.4, 0.5) is 0 Å². The van der Waals surface area contributed by atoms with Gasteiger partial charge in [0, 0.05) is 19.1 Å². The maximum atomic E-state index is 10.6. The Morgan fingerprint density at radius 1 is 1.15 bits per heavy atom. The average Bonchev–Trinajstić information content (AvgIpc) is 3.07. The van der Waals surface area contributed by atoms with Gasteiger partial charge in [0.15, 0.2) is 0 Å². The smallest absolute Gasteiger partial charge is 0.119 e. The molecule has 1 saturated heterocycles. The van der Waals surface area contributed by atoms with Gasteiger partial charge in [-0.1, -0.05) is 29.8 Å². The number of imidazole rings is 1. The van der Waals surface area contributed by atoms with Gasteiger partial charge in [-0.25, -0.2) is 4.98 Å². The molecule has 142 valence electrons. The molecule has 1 aromatic heterocycles. The topological polar surface area (TPSA) is 56.5 Å². The number of hydrogen-bond acceptors (Lipinski definition) is 4. The highest BCUT2D eigenvalue weighted by molar-refractivity contribution is 5.76. The molecule has 0 saturated carbocycles. The fourth-order valence-corrected chi connectivity index (χ4v) is 3.64. The number of aliphatic hydroxyl groups is 1. The van der Waals surface area contributed by atoms with Gasteiger partial charge in [0.05, 0.1) is 17.6 Å². The molecule has 5 nitrogen and oxygen atoms in total. The Labute approximate surface area is 159 Å². The Hall–Kier alpha value is -2.37. The van der Waals surface area contributed by atoms with Crippen LogP contribution in [-0.2, 0) is 11.3 Å².